The van der Waals surface area contributed by atoms with Crippen molar-refractivity contribution in [3.63, 3.8) is 0 Å². The predicted octanol–water partition coefficient (Wildman–Crippen LogP) is 3.73. The molecule has 7 heteroatoms. The van der Waals surface area contributed by atoms with Crippen LogP contribution >= 0.6 is 19.5 Å². The fourth-order valence-electron chi connectivity index (χ4n) is 3.11. The third-order valence-electron chi connectivity index (χ3n) is 4.36. The molecular weight excluding hydrogens is 550 g/mol. The number of carbonyl (C=O) groups excluding carboxylic acids is 1. The molecule has 1 saturated carbocycles. The molecule has 1 aliphatic carbocycles. The van der Waals surface area contributed by atoms with Crippen molar-refractivity contribution in [2.24, 2.45) is 0 Å². The van der Waals surface area contributed by atoms with Crippen molar-refractivity contribution in [3.8, 4) is 5.75 Å². The van der Waals surface area contributed by atoms with Gasteiger partial charge in [0.15, 0.2) is 6.61 Å². The summed E-state index contributed by atoms with van der Waals surface area (Å²) < 4.78 is 9.80. The van der Waals surface area contributed by atoms with E-state index in [1.165, 1.54) is 25.7 Å². The molecule has 27 heavy (non-hydrogen) atoms. The van der Waals surface area contributed by atoms with Crippen LogP contribution in [0.1, 0.15) is 32.6 Å². The normalized spacial score (nSPS) is 18.7. The van der Waals surface area contributed by atoms with Gasteiger partial charge in [-0.3, -0.25) is 0 Å². The van der Waals surface area contributed by atoms with Crippen LogP contribution < -0.4 is 4.74 Å². The minimum atomic E-state index is -0.355. The first-order chi connectivity index (χ1) is 13.0. The molecule has 0 unspecified atom stereocenters. The van der Waals surface area contributed by atoms with Crippen molar-refractivity contribution in [2.75, 3.05) is 41.4 Å². The molecule has 158 valence electrons. The van der Waals surface area contributed by atoms with Crippen LogP contribution in [0.25, 0.3) is 0 Å². The van der Waals surface area contributed by atoms with Gasteiger partial charge in [-0.2, -0.15) is 18.2 Å². The Labute approximate surface area is 186 Å². The number of esters is 1. The maximum atomic E-state index is 10.9. The van der Waals surface area contributed by atoms with Gasteiger partial charge >= 0.3 is 41.1 Å². The van der Waals surface area contributed by atoms with E-state index in [1.807, 2.05) is 19.5 Å². The number of likely N-dealkylation sites (N-methyl/N-ethyl adjacent to an activating group) is 2. The molecular formula is C20H33IN2O3Pd. The second-order valence-electron chi connectivity index (χ2n) is 6.68. The first-order valence-electron chi connectivity index (χ1n) is 9.15. The van der Waals surface area contributed by atoms with Crippen molar-refractivity contribution < 1.29 is 29.9 Å². The molecule has 2 rings (SSSR count). The van der Waals surface area contributed by atoms with Gasteiger partial charge in [-0.1, -0.05) is 12.8 Å². The van der Waals surface area contributed by atoms with Crippen LogP contribution in [0.15, 0.2) is 24.3 Å². The van der Waals surface area contributed by atoms with Gasteiger partial charge in [0.2, 0.25) is 0 Å². The Morgan fingerprint density at radius 1 is 1.19 bits per heavy atom. The van der Waals surface area contributed by atoms with Gasteiger partial charge < -0.3 is 19.3 Å². The SMILES string of the molecule is CCOC(=O)COc1c[c-]ccc1.CN(C)[C@@H]1CCCC[C@H]1N(C)C.[Pd+][I]. The molecule has 0 spiro atoms. The molecule has 5 nitrogen and oxygen atoms in total. The summed E-state index contributed by atoms with van der Waals surface area (Å²) >= 11 is 4.72. The molecule has 0 aliphatic heterocycles. The van der Waals surface area contributed by atoms with Crippen molar-refractivity contribution in [1.82, 2.24) is 9.80 Å². The summed E-state index contributed by atoms with van der Waals surface area (Å²) in [4.78, 5) is 15.6. The number of benzene rings is 1. The number of hydrogen-bond acceptors (Lipinski definition) is 5. The average molecular weight is 583 g/mol. The van der Waals surface area contributed by atoms with E-state index in [2.05, 4.69) is 64.4 Å². The number of halogens is 1. The molecule has 0 heterocycles. The van der Waals surface area contributed by atoms with Crippen molar-refractivity contribution in [3.05, 3.63) is 30.3 Å². The topological polar surface area (TPSA) is 42.0 Å². The first kappa shape index (κ1) is 26.8. The molecule has 0 radical (unpaired) electrons. The number of rotatable bonds is 6. The fourth-order valence-corrected chi connectivity index (χ4v) is 3.11. The summed E-state index contributed by atoms with van der Waals surface area (Å²) in [6.07, 6.45) is 5.56. The Bertz CT molecular complexity index is 473. The molecule has 0 saturated heterocycles. The van der Waals surface area contributed by atoms with Crippen LogP contribution in [0, 0.1) is 6.07 Å². The zero-order valence-electron chi connectivity index (χ0n) is 17.0. The van der Waals surface area contributed by atoms with Crippen LogP contribution in [-0.2, 0) is 25.1 Å². The van der Waals surface area contributed by atoms with Crippen LogP contribution in [0.2, 0.25) is 0 Å². The van der Waals surface area contributed by atoms with Crippen LogP contribution in [0.5, 0.6) is 5.75 Å². The third-order valence-corrected chi connectivity index (χ3v) is 4.36. The van der Waals surface area contributed by atoms with Gasteiger partial charge in [0, 0.05) is 17.8 Å². The van der Waals surface area contributed by atoms with Gasteiger partial charge in [-0.15, -0.1) is 12.1 Å². The second kappa shape index (κ2) is 16.7. The number of carbonyl (C=O) groups is 1. The summed E-state index contributed by atoms with van der Waals surface area (Å²) in [7, 11) is 8.80. The number of nitrogens with zero attached hydrogens (tertiary/aromatic N) is 2. The molecule has 0 amide bonds. The van der Waals surface area contributed by atoms with Crippen molar-refractivity contribution in [2.45, 2.75) is 44.7 Å². The van der Waals surface area contributed by atoms with Crippen molar-refractivity contribution >= 4 is 25.5 Å². The summed E-state index contributed by atoms with van der Waals surface area (Å²) in [6, 6.07) is 11.4. The zero-order valence-corrected chi connectivity index (χ0v) is 20.7. The van der Waals surface area contributed by atoms with E-state index in [0.29, 0.717) is 12.4 Å². The Kier molecular flexibility index (Phi) is 16.6. The average Bonchev–Trinajstić information content (AvgIpc) is 2.69. The molecule has 1 aromatic rings. The Hall–Kier alpha value is -0.198. The Balaban J connectivity index is 0.000000460. The molecule has 1 aliphatic rings. The Morgan fingerprint density at radius 2 is 1.74 bits per heavy atom. The summed E-state index contributed by atoms with van der Waals surface area (Å²) in [5.41, 5.74) is 0. The van der Waals surface area contributed by atoms with E-state index in [4.69, 9.17) is 4.74 Å². The van der Waals surface area contributed by atoms with Gasteiger partial charge in [0.25, 0.3) is 0 Å². The van der Waals surface area contributed by atoms with E-state index >= 15 is 0 Å². The van der Waals surface area contributed by atoms with Crippen LogP contribution in [0.3, 0.4) is 0 Å². The first-order valence-corrected chi connectivity index (χ1v) is 13.8. The summed E-state index contributed by atoms with van der Waals surface area (Å²) in [6.45, 7) is 2.09. The van der Waals surface area contributed by atoms with E-state index in [0.717, 1.165) is 12.1 Å². The van der Waals surface area contributed by atoms with Gasteiger partial charge in [-0.05, 0) is 48.0 Å². The van der Waals surface area contributed by atoms with Crippen molar-refractivity contribution in [1.29, 1.82) is 0 Å². The fraction of sp³-hybridized carbons (Fsp3) is 0.650. The molecule has 1 fully saturated rings. The standard InChI is InChI=1S/C10H22N2.C10H11O3.HI.Pd/c1-11(2)9-7-5-6-8-10(9)12(3)4;1-2-12-10(11)8-13-9-6-4-3-5-7-9;;/h9-10H,5-8H2,1-4H3;3-4,6-7H,2,8H2,1H3;1H;/q;-1;;+2/p-1/t9-,10-;;;/m1.../s1. The van der Waals surface area contributed by atoms with E-state index in [9.17, 15) is 4.79 Å². The summed E-state index contributed by atoms with van der Waals surface area (Å²) in [5.74, 6) is 0.266. The number of ether oxygens (including phenoxy) is 2. The van der Waals surface area contributed by atoms with E-state index in [1.54, 1.807) is 31.2 Å². The second-order valence-corrected chi connectivity index (χ2v) is 6.68. The number of hydrogen-bond donors (Lipinski definition) is 0. The third kappa shape index (κ3) is 12.1. The van der Waals surface area contributed by atoms with Gasteiger partial charge in [0.05, 0.1) is 6.61 Å². The molecule has 1 aromatic carbocycles. The van der Waals surface area contributed by atoms with Crippen LogP contribution in [-0.4, -0.2) is 69.3 Å². The van der Waals surface area contributed by atoms with Gasteiger partial charge in [0.1, 0.15) is 0 Å². The van der Waals surface area contributed by atoms with E-state index < -0.39 is 0 Å². The quantitative estimate of drug-likeness (QED) is 0.221. The minimum absolute atomic E-state index is 0.0499. The zero-order chi connectivity index (χ0) is 20.7. The molecule has 0 N–H and O–H groups in total. The Morgan fingerprint density at radius 3 is 2.15 bits per heavy atom. The van der Waals surface area contributed by atoms with Gasteiger partial charge in [-0.25, -0.2) is 4.79 Å². The summed E-state index contributed by atoms with van der Waals surface area (Å²) in [5, 5.41) is 0. The molecule has 0 aromatic heterocycles. The maximum absolute atomic E-state index is 10.9. The monoisotopic (exact) mass is 582 g/mol. The molecule has 0 bridgehead atoms. The molecule has 2 atom stereocenters. The van der Waals surface area contributed by atoms with E-state index in [-0.39, 0.29) is 12.6 Å². The van der Waals surface area contributed by atoms with Crippen LogP contribution in [0.4, 0.5) is 0 Å². The predicted molar refractivity (Wildman–Crippen MR) is 115 cm³/mol.